The highest BCUT2D eigenvalue weighted by Gasteiger charge is 2.37. The smallest absolute Gasteiger partial charge is 0.238 e. The predicted molar refractivity (Wildman–Crippen MR) is 82.0 cm³/mol. The summed E-state index contributed by atoms with van der Waals surface area (Å²) < 4.78 is 5.50. The van der Waals surface area contributed by atoms with Crippen molar-refractivity contribution in [1.29, 1.82) is 0 Å². The predicted octanol–water partition coefficient (Wildman–Crippen LogP) is 2.62. The van der Waals surface area contributed by atoms with Crippen molar-refractivity contribution in [2.24, 2.45) is 0 Å². The molecule has 0 bridgehead atoms. The van der Waals surface area contributed by atoms with Gasteiger partial charge >= 0.3 is 0 Å². The molecular weight excluding hydrogens is 264 g/mol. The number of carbonyl (C=O) groups is 1. The van der Waals surface area contributed by atoms with E-state index in [9.17, 15) is 4.79 Å². The van der Waals surface area contributed by atoms with Crippen LogP contribution in [0.1, 0.15) is 37.4 Å². The van der Waals surface area contributed by atoms with E-state index in [1.807, 2.05) is 29.2 Å². The molecule has 21 heavy (non-hydrogen) atoms. The number of nitrogens with one attached hydrogen (secondary N) is 1. The Labute approximate surface area is 125 Å². The van der Waals surface area contributed by atoms with E-state index in [4.69, 9.17) is 4.74 Å². The average Bonchev–Trinajstić information content (AvgIpc) is 3.14. The topological polar surface area (TPSA) is 41.6 Å². The van der Waals surface area contributed by atoms with Gasteiger partial charge < -0.3 is 9.64 Å². The van der Waals surface area contributed by atoms with Crippen LogP contribution in [0.25, 0.3) is 0 Å². The summed E-state index contributed by atoms with van der Waals surface area (Å²) in [5.41, 5.74) is 1.12. The van der Waals surface area contributed by atoms with Gasteiger partial charge in [-0.15, -0.1) is 0 Å². The molecule has 1 aliphatic heterocycles. The average molecular weight is 286 g/mol. The Morgan fingerprint density at radius 3 is 2.67 bits per heavy atom. The minimum Gasteiger partial charge on any atom is -0.490 e. The van der Waals surface area contributed by atoms with E-state index >= 15 is 0 Å². The zero-order chi connectivity index (χ0) is 14.7. The van der Waals surface area contributed by atoms with Crippen molar-refractivity contribution in [3.8, 4) is 5.75 Å². The number of ether oxygens (including phenoxy) is 1. The molecule has 4 heteroatoms. The minimum atomic E-state index is 0.00838. The molecule has 1 aromatic carbocycles. The molecule has 112 valence electrons. The molecule has 1 heterocycles. The Bertz CT molecular complexity index is 506. The highest BCUT2D eigenvalue weighted by Crippen LogP contribution is 2.32. The van der Waals surface area contributed by atoms with E-state index in [0.29, 0.717) is 19.2 Å². The van der Waals surface area contributed by atoms with Crippen molar-refractivity contribution in [2.75, 3.05) is 13.2 Å². The molecule has 3 rings (SSSR count). The second-order valence-corrected chi connectivity index (χ2v) is 5.69. The van der Waals surface area contributed by atoms with Crippen molar-refractivity contribution in [1.82, 2.24) is 10.2 Å². The first-order valence-corrected chi connectivity index (χ1v) is 7.68. The Morgan fingerprint density at radius 1 is 1.29 bits per heavy atom. The van der Waals surface area contributed by atoms with Crippen molar-refractivity contribution >= 4 is 5.91 Å². The summed E-state index contributed by atoms with van der Waals surface area (Å²) in [6.07, 6.45) is 6.46. The van der Waals surface area contributed by atoms with Gasteiger partial charge in [0.05, 0.1) is 6.54 Å². The first-order valence-electron chi connectivity index (χ1n) is 7.68. The van der Waals surface area contributed by atoms with Crippen LogP contribution < -0.4 is 10.1 Å². The Morgan fingerprint density at radius 2 is 2.00 bits per heavy atom. The van der Waals surface area contributed by atoms with Gasteiger partial charge in [0, 0.05) is 6.04 Å². The largest absolute Gasteiger partial charge is 0.490 e. The van der Waals surface area contributed by atoms with E-state index in [1.54, 1.807) is 6.08 Å². The zero-order valence-electron chi connectivity index (χ0n) is 12.3. The van der Waals surface area contributed by atoms with Crippen molar-refractivity contribution in [3.63, 3.8) is 0 Å². The molecule has 4 nitrogen and oxygen atoms in total. The second kappa shape index (κ2) is 6.31. The van der Waals surface area contributed by atoms with Crippen molar-refractivity contribution in [3.05, 3.63) is 42.5 Å². The maximum absolute atomic E-state index is 12.2. The van der Waals surface area contributed by atoms with Gasteiger partial charge in [0.2, 0.25) is 5.91 Å². The molecule has 1 saturated carbocycles. The summed E-state index contributed by atoms with van der Waals surface area (Å²) in [7, 11) is 0. The molecule has 0 radical (unpaired) electrons. The van der Waals surface area contributed by atoms with Gasteiger partial charge in [-0.05, 0) is 30.5 Å². The van der Waals surface area contributed by atoms with Crippen LogP contribution in [0.4, 0.5) is 0 Å². The molecule has 1 unspecified atom stereocenters. The van der Waals surface area contributed by atoms with Gasteiger partial charge in [-0.1, -0.05) is 37.6 Å². The summed E-state index contributed by atoms with van der Waals surface area (Å²) in [5, 5.41) is 3.33. The number of hydrogen-bond acceptors (Lipinski definition) is 3. The molecule has 1 N–H and O–H groups in total. The molecule has 1 aliphatic carbocycles. The van der Waals surface area contributed by atoms with E-state index in [0.717, 1.165) is 24.2 Å². The molecule has 1 atom stereocenters. The lowest BCUT2D eigenvalue weighted by atomic mass is 10.1. The lowest BCUT2D eigenvalue weighted by Gasteiger charge is -2.30. The number of hydrogen-bond donors (Lipinski definition) is 1. The first kappa shape index (κ1) is 14.1. The van der Waals surface area contributed by atoms with Crippen LogP contribution in [-0.4, -0.2) is 30.0 Å². The van der Waals surface area contributed by atoms with Gasteiger partial charge in [0.15, 0.2) is 0 Å². The Balaban J connectivity index is 1.75. The van der Waals surface area contributed by atoms with Crippen LogP contribution in [-0.2, 0) is 4.79 Å². The van der Waals surface area contributed by atoms with Crippen molar-refractivity contribution < 1.29 is 9.53 Å². The maximum Gasteiger partial charge on any atom is 0.238 e. The number of rotatable bonds is 5. The van der Waals surface area contributed by atoms with Gasteiger partial charge in [0.1, 0.15) is 18.5 Å². The summed E-state index contributed by atoms with van der Waals surface area (Å²) >= 11 is 0. The first-order chi connectivity index (χ1) is 10.3. The van der Waals surface area contributed by atoms with Gasteiger partial charge in [0.25, 0.3) is 0 Å². The zero-order valence-corrected chi connectivity index (χ0v) is 12.3. The van der Waals surface area contributed by atoms with Crippen LogP contribution in [0.2, 0.25) is 0 Å². The lowest BCUT2D eigenvalue weighted by molar-refractivity contribution is -0.130. The molecule has 1 amide bonds. The molecule has 0 aromatic heterocycles. The highest BCUT2D eigenvalue weighted by molar-refractivity contribution is 5.81. The third-order valence-electron chi connectivity index (χ3n) is 4.29. The summed E-state index contributed by atoms with van der Waals surface area (Å²) in [5.74, 6) is 1.05. The van der Waals surface area contributed by atoms with Gasteiger partial charge in [-0.3, -0.25) is 10.1 Å². The number of carbonyl (C=O) groups excluding carboxylic acids is 1. The van der Waals surface area contributed by atoms with Gasteiger partial charge in [-0.2, -0.15) is 0 Å². The van der Waals surface area contributed by atoms with Crippen LogP contribution in [0.5, 0.6) is 5.75 Å². The van der Waals surface area contributed by atoms with E-state index in [-0.39, 0.29) is 12.1 Å². The fraction of sp³-hybridized carbons (Fsp3) is 0.471. The molecule has 2 aliphatic rings. The maximum atomic E-state index is 12.2. The molecule has 1 aromatic rings. The summed E-state index contributed by atoms with van der Waals surface area (Å²) in [4.78, 5) is 14.2. The second-order valence-electron chi connectivity index (χ2n) is 5.69. The van der Waals surface area contributed by atoms with Crippen LogP contribution in [0.15, 0.2) is 36.9 Å². The standard InChI is InChI=1S/C17H22N2O2/c1-2-11-21-15-9-7-13(8-10-15)17-18-12-16(20)19(17)14-5-3-4-6-14/h2,7-10,14,17-18H,1,3-6,11-12H2. The third kappa shape index (κ3) is 2.95. The SMILES string of the molecule is C=CCOc1ccc(C2NCC(=O)N2C2CCCC2)cc1. The van der Waals surface area contributed by atoms with E-state index < -0.39 is 0 Å². The molecule has 2 fully saturated rings. The lowest BCUT2D eigenvalue weighted by Crippen LogP contribution is -2.38. The van der Waals surface area contributed by atoms with Gasteiger partial charge in [-0.25, -0.2) is 0 Å². The minimum absolute atomic E-state index is 0.00838. The van der Waals surface area contributed by atoms with E-state index in [1.165, 1.54) is 12.8 Å². The summed E-state index contributed by atoms with van der Waals surface area (Å²) in [6.45, 7) is 4.59. The van der Waals surface area contributed by atoms with Crippen LogP contribution >= 0.6 is 0 Å². The fourth-order valence-corrected chi connectivity index (χ4v) is 3.29. The monoisotopic (exact) mass is 286 g/mol. The number of nitrogens with zero attached hydrogens (tertiary/aromatic N) is 1. The molecular formula is C17H22N2O2. The summed E-state index contributed by atoms with van der Waals surface area (Å²) in [6, 6.07) is 8.38. The van der Waals surface area contributed by atoms with Crippen LogP contribution in [0, 0.1) is 0 Å². The Hall–Kier alpha value is -1.81. The molecule has 1 saturated heterocycles. The normalized spacial score (nSPS) is 22.8. The quantitative estimate of drug-likeness (QED) is 0.846. The Kier molecular flexibility index (Phi) is 4.25. The number of amides is 1. The number of benzene rings is 1. The fourth-order valence-electron chi connectivity index (χ4n) is 3.29. The van der Waals surface area contributed by atoms with Crippen LogP contribution in [0.3, 0.4) is 0 Å². The third-order valence-corrected chi connectivity index (χ3v) is 4.29. The highest BCUT2D eigenvalue weighted by atomic mass is 16.5. The molecule has 0 spiro atoms. The van der Waals surface area contributed by atoms with E-state index in [2.05, 4.69) is 11.9 Å². The van der Waals surface area contributed by atoms with Crippen molar-refractivity contribution in [2.45, 2.75) is 37.9 Å².